The van der Waals surface area contributed by atoms with E-state index in [1.54, 1.807) is 22.3 Å². The Hall–Kier alpha value is -6.24. The minimum absolute atomic E-state index is 0.444. The minimum Gasteiger partial charge on any atom is -0.0537 e. The summed E-state index contributed by atoms with van der Waals surface area (Å²) in [6, 6.07) is 48.3. The zero-order valence-corrected chi connectivity index (χ0v) is 27.4. The second-order valence-corrected chi connectivity index (χ2v) is 16.2. The summed E-state index contributed by atoms with van der Waals surface area (Å²) in [7, 11) is 0. The van der Waals surface area contributed by atoms with Gasteiger partial charge in [0, 0.05) is 11.8 Å². The molecule has 0 aromatic heterocycles. The molecule has 2 aliphatic carbocycles. The Kier molecular flexibility index (Phi) is 3.43. The fourth-order valence-electron chi connectivity index (χ4n) is 12.5. The number of benzene rings is 12. The van der Waals surface area contributed by atoms with Crippen LogP contribution in [-0.4, -0.2) is 0 Å². The van der Waals surface area contributed by atoms with E-state index in [9.17, 15) is 0 Å². The van der Waals surface area contributed by atoms with E-state index < -0.39 is 0 Å². The average Bonchev–Trinajstić information content (AvgIpc) is 3.94. The standard InChI is InChI=1S/C51H24/c1-5-24-9-13-28-32-17-36-37(18-33(32)29-14-10-25-6-2-22(1)42-44(24)48(28)49(29)45(25)42)41-21-40(36)38-19-34-30-15-11-26-7-3-23-4-8-27-12-16-31(35(34)20-39(38)41)51-47(27)43(23)46(26)50(30)51/h1-20,40-41H,21H2. The Morgan fingerprint density at radius 3 is 0.706 bits per heavy atom. The molecule has 0 saturated carbocycles. The van der Waals surface area contributed by atoms with E-state index >= 15 is 0 Å². The molecule has 14 aromatic carbocycles. The van der Waals surface area contributed by atoms with Crippen molar-refractivity contribution in [1.82, 2.24) is 0 Å². The quantitative estimate of drug-likeness (QED) is 0.145. The smallest absolute Gasteiger partial charge is 0.0105 e. The molecule has 0 aliphatic heterocycles. The molecule has 0 N–H and O–H groups in total. The van der Waals surface area contributed by atoms with Crippen LogP contribution in [0, 0.1) is 0 Å². The van der Waals surface area contributed by atoms with E-state index in [4.69, 9.17) is 0 Å². The van der Waals surface area contributed by atoms with Gasteiger partial charge in [-0.3, -0.25) is 0 Å². The van der Waals surface area contributed by atoms with Crippen LogP contribution < -0.4 is 0 Å². The lowest BCUT2D eigenvalue weighted by atomic mass is 9.81. The summed E-state index contributed by atoms with van der Waals surface area (Å²) in [6.45, 7) is 0. The summed E-state index contributed by atoms with van der Waals surface area (Å²) >= 11 is 0. The molecule has 0 heteroatoms. The summed E-state index contributed by atoms with van der Waals surface area (Å²) in [5.74, 6) is 0.887. The highest BCUT2D eigenvalue weighted by atomic mass is 14.5. The average molecular weight is 637 g/mol. The second-order valence-electron chi connectivity index (χ2n) is 16.2. The number of hydrogen-bond acceptors (Lipinski definition) is 0. The molecule has 0 atom stereocenters. The largest absolute Gasteiger partial charge is 0.0537 e. The molecule has 0 amide bonds. The maximum Gasteiger partial charge on any atom is 0.0105 e. The first-order valence-electron chi connectivity index (χ1n) is 18.6. The first kappa shape index (κ1) is 24.0. The summed E-state index contributed by atoms with van der Waals surface area (Å²) in [4.78, 5) is 0. The summed E-state index contributed by atoms with van der Waals surface area (Å²) in [5.41, 5.74) is 6.25. The van der Waals surface area contributed by atoms with Gasteiger partial charge >= 0.3 is 0 Å². The zero-order chi connectivity index (χ0) is 32.2. The van der Waals surface area contributed by atoms with Gasteiger partial charge in [0.1, 0.15) is 0 Å². The molecular formula is C51H24. The molecule has 0 spiro atoms. The van der Waals surface area contributed by atoms with Crippen LogP contribution in [0.3, 0.4) is 0 Å². The third-order valence-corrected chi connectivity index (χ3v) is 14.4. The summed E-state index contributed by atoms with van der Waals surface area (Å²) in [6.07, 6.45) is 1.19. The first-order valence-corrected chi connectivity index (χ1v) is 18.6. The van der Waals surface area contributed by atoms with Crippen LogP contribution in [0.2, 0.25) is 0 Å². The Labute approximate surface area is 290 Å². The SMILES string of the molecule is c1cc2ccc3c4cc5c(cc4c4ccc6ccc1c1c2c3c4c61)C1CC5c2cc3c(cc21)c1ccc2ccc4ccc5ccc3c3c5c4c2c13. The lowest BCUT2D eigenvalue weighted by Gasteiger charge is -2.23. The molecule has 0 saturated heterocycles. The normalized spacial score (nSPS) is 17.7. The Morgan fingerprint density at radius 1 is 0.235 bits per heavy atom. The van der Waals surface area contributed by atoms with Gasteiger partial charge in [-0.05, 0) is 182 Å². The van der Waals surface area contributed by atoms with E-state index in [-0.39, 0.29) is 0 Å². The number of hydrogen-bond donors (Lipinski definition) is 0. The van der Waals surface area contributed by atoms with Crippen LogP contribution in [0.4, 0.5) is 0 Å². The van der Waals surface area contributed by atoms with Gasteiger partial charge in [-0.1, -0.05) is 97.1 Å². The maximum absolute atomic E-state index is 2.63. The number of fused-ring (bicyclic) bond motifs is 14. The fourth-order valence-corrected chi connectivity index (χ4v) is 12.5. The van der Waals surface area contributed by atoms with Crippen LogP contribution in [-0.2, 0) is 0 Å². The van der Waals surface area contributed by atoms with E-state index in [0.717, 1.165) is 0 Å². The van der Waals surface area contributed by atoms with Crippen molar-refractivity contribution in [2.24, 2.45) is 0 Å². The second kappa shape index (κ2) is 7.29. The monoisotopic (exact) mass is 636 g/mol. The highest BCUT2D eigenvalue weighted by Crippen LogP contribution is 2.61. The van der Waals surface area contributed by atoms with Gasteiger partial charge < -0.3 is 0 Å². The molecule has 228 valence electrons. The van der Waals surface area contributed by atoms with Crippen LogP contribution in [0.5, 0.6) is 0 Å². The van der Waals surface area contributed by atoms with E-state index in [0.29, 0.717) is 11.8 Å². The predicted molar refractivity (Wildman–Crippen MR) is 218 cm³/mol. The van der Waals surface area contributed by atoms with Gasteiger partial charge in [-0.25, -0.2) is 0 Å². The van der Waals surface area contributed by atoms with Gasteiger partial charge in [0.15, 0.2) is 0 Å². The molecule has 2 aliphatic rings. The van der Waals surface area contributed by atoms with Crippen molar-refractivity contribution in [3.63, 3.8) is 0 Å². The summed E-state index contributed by atoms with van der Waals surface area (Å²) in [5, 5.41) is 34.2. The van der Waals surface area contributed by atoms with E-state index in [1.165, 1.54) is 136 Å². The number of rotatable bonds is 0. The molecule has 0 heterocycles. The maximum atomic E-state index is 2.63. The molecule has 51 heavy (non-hydrogen) atoms. The van der Waals surface area contributed by atoms with Gasteiger partial charge in [0.05, 0.1) is 0 Å². The molecule has 0 unspecified atom stereocenters. The molecule has 2 bridgehead atoms. The Bertz CT molecular complexity index is 3400. The van der Waals surface area contributed by atoms with Gasteiger partial charge in [0.25, 0.3) is 0 Å². The molecule has 0 fully saturated rings. The molecule has 14 aromatic rings. The third-order valence-electron chi connectivity index (χ3n) is 14.4. The van der Waals surface area contributed by atoms with Crippen molar-refractivity contribution in [1.29, 1.82) is 0 Å². The lowest BCUT2D eigenvalue weighted by molar-refractivity contribution is 0.796. The highest BCUT2D eigenvalue weighted by Gasteiger charge is 2.42. The highest BCUT2D eigenvalue weighted by molar-refractivity contribution is 6.49. The van der Waals surface area contributed by atoms with Crippen molar-refractivity contribution in [3.05, 3.63) is 144 Å². The predicted octanol–water partition coefficient (Wildman–Crippen LogP) is 14.1. The van der Waals surface area contributed by atoms with Gasteiger partial charge in [-0.2, -0.15) is 0 Å². The van der Waals surface area contributed by atoms with Crippen molar-refractivity contribution >= 4 is 129 Å². The van der Waals surface area contributed by atoms with Crippen LogP contribution in [0.1, 0.15) is 40.5 Å². The first-order chi connectivity index (χ1) is 25.3. The van der Waals surface area contributed by atoms with E-state index in [2.05, 4.69) is 121 Å². The molecular weight excluding hydrogens is 613 g/mol. The fraction of sp³-hybridized carbons (Fsp3) is 0.0588. The van der Waals surface area contributed by atoms with Crippen molar-refractivity contribution in [2.45, 2.75) is 18.3 Å². The van der Waals surface area contributed by atoms with Crippen molar-refractivity contribution in [2.75, 3.05) is 0 Å². The molecule has 0 nitrogen and oxygen atoms in total. The molecule has 0 radical (unpaired) electrons. The van der Waals surface area contributed by atoms with Gasteiger partial charge in [-0.15, -0.1) is 0 Å². The Balaban J connectivity index is 1.03. The summed E-state index contributed by atoms with van der Waals surface area (Å²) < 4.78 is 0. The van der Waals surface area contributed by atoms with E-state index in [1.807, 2.05) is 0 Å². The topological polar surface area (TPSA) is 0 Å². The third kappa shape index (κ3) is 2.31. The van der Waals surface area contributed by atoms with Crippen molar-refractivity contribution in [3.8, 4) is 0 Å². The van der Waals surface area contributed by atoms with Gasteiger partial charge in [0.2, 0.25) is 0 Å². The minimum atomic E-state index is 0.444. The lowest BCUT2D eigenvalue weighted by Crippen LogP contribution is -2.04. The zero-order valence-electron chi connectivity index (χ0n) is 27.4. The van der Waals surface area contributed by atoms with Crippen LogP contribution in [0.25, 0.3) is 129 Å². The van der Waals surface area contributed by atoms with Crippen LogP contribution >= 0.6 is 0 Å². The van der Waals surface area contributed by atoms with Crippen LogP contribution in [0.15, 0.2) is 121 Å². The Morgan fingerprint density at radius 2 is 0.451 bits per heavy atom. The van der Waals surface area contributed by atoms with Crippen molar-refractivity contribution < 1.29 is 0 Å². The molecule has 16 rings (SSSR count).